The Balaban J connectivity index is 2.52. The zero-order valence-corrected chi connectivity index (χ0v) is 10.6. The summed E-state index contributed by atoms with van der Waals surface area (Å²) in [6.07, 6.45) is -0.166. The van der Waals surface area contributed by atoms with Crippen molar-refractivity contribution < 1.29 is 9.53 Å². The molecule has 1 aliphatic rings. The third kappa shape index (κ3) is 2.87. The lowest BCUT2D eigenvalue weighted by atomic mass is 9.82. The Kier molecular flexibility index (Phi) is 3.81. The maximum Gasteiger partial charge on any atom is 0.409 e. The van der Waals surface area contributed by atoms with Crippen molar-refractivity contribution in [1.82, 2.24) is 4.90 Å². The van der Waals surface area contributed by atoms with Crippen LogP contribution in [0.4, 0.5) is 4.79 Å². The first-order chi connectivity index (χ1) is 6.45. The molecule has 0 aromatic rings. The standard InChI is InChI=1S/C10H18BrNO2/c1-10(2,3)8(6-11)7-12-4-5-14-9(12)13/h8H,4-7H2,1-3H3. The van der Waals surface area contributed by atoms with Crippen molar-refractivity contribution in [2.75, 3.05) is 25.0 Å². The van der Waals surface area contributed by atoms with E-state index >= 15 is 0 Å². The summed E-state index contributed by atoms with van der Waals surface area (Å²) < 4.78 is 4.90. The third-order valence-corrected chi connectivity index (χ3v) is 3.48. The number of nitrogens with zero attached hydrogens (tertiary/aromatic N) is 1. The normalized spacial score (nSPS) is 19.7. The van der Waals surface area contributed by atoms with E-state index in [2.05, 4.69) is 36.7 Å². The Morgan fingerprint density at radius 2 is 2.21 bits per heavy atom. The first-order valence-electron chi connectivity index (χ1n) is 4.93. The number of cyclic esters (lactones) is 1. The lowest BCUT2D eigenvalue weighted by Crippen LogP contribution is -2.36. The fourth-order valence-electron chi connectivity index (χ4n) is 1.41. The van der Waals surface area contributed by atoms with Crippen molar-refractivity contribution in [2.24, 2.45) is 11.3 Å². The summed E-state index contributed by atoms with van der Waals surface area (Å²) in [7, 11) is 0. The molecule has 1 aliphatic heterocycles. The number of hydrogen-bond donors (Lipinski definition) is 0. The van der Waals surface area contributed by atoms with E-state index in [4.69, 9.17) is 4.74 Å². The molecule has 0 radical (unpaired) electrons. The smallest absolute Gasteiger partial charge is 0.409 e. The zero-order valence-electron chi connectivity index (χ0n) is 9.05. The minimum absolute atomic E-state index is 0.166. The topological polar surface area (TPSA) is 29.5 Å². The van der Waals surface area contributed by atoms with Gasteiger partial charge in [-0.2, -0.15) is 0 Å². The van der Waals surface area contributed by atoms with Crippen LogP contribution in [0, 0.1) is 11.3 Å². The van der Waals surface area contributed by atoms with Crippen molar-refractivity contribution >= 4 is 22.0 Å². The third-order valence-electron chi connectivity index (χ3n) is 2.70. The summed E-state index contributed by atoms with van der Waals surface area (Å²) in [4.78, 5) is 13.0. The van der Waals surface area contributed by atoms with Gasteiger partial charge in [0.2, 0.25) is 0 Å². The second-order valence-corrected chi connectivity index (χ2v) is 5.43. The van der Waals surface area contributed by atoms with E-state index in [1.165, 1.54) is 0 Å². The second-order valence-electron chi connectivity index (χ2n) is 4.78. The predicted molar refractivity (Wildman–Crippen MR) is 59.7 cm³/mol. The Morgan fingerprint density at radius 3 is 2.57 bits per heavy atom. The van der Waals surface area contributed by atoms with Crippen LogP contribution in [0.2, 0.25) is 0 Å². The van der Waals surface area contributed by atoms with Gasteiger partial charge in [0.25, 0.3) is 0 Å². The molecule has 0 N–H and O–H groups in total. The molecular formula is C10H18BrNO2. The molecule has 0 aliphatic carbocycles. The van der Waals surface area contributed by atoms with Gasteiger partial charge in [-0.1, -0.05) is 36.7 Å². The molecule has 0 aromatic carbocycles. The van der Waals surface area contributed by atoms with Gasteiger partial charge >= 0.3 is 6.09 Å². The van der Waals surface area contributed by atoms with Crippen LogP contribution >= 0.6 is 15.9 Å². The highest BCUT2D eigenvalue weighted by Gasteiger charge is 2.30. The first-order valence-corrected chi connectivity index (χ1v) is 6.05. The largest absolute Gasteiger partial charge is 0.448 e. The molecule has 0 aromatic heterocycles. The highest BCUT2D eigenvalue weighted by atomic mass is 79.9. The quantitative estimate of drug-likeness (QED) is 0.733. The van der Waals surface area contributed by atoms with Crippen LogP contribution in [0.5, 0.6) is 0 Å². The van der Waals surface area contributed by atoms with Crippen LogP contribution in [0.3, 0.4) is 0 Å². The van der Waals surface area contributed by atoms with E-state index in [0.29, 0.717) is 12.5 Å². The van der Waals surface area contributed by atoms with Crippen LogP contribution in [0.25, 0.3) is 0 Å². The summed E-state index contributed by atoms with van der Waals surface area (Å²) in [6.45, 7) is 8.64. The Labute approximate surface area is 93.9 Å². The Hall–Kier alpha value is -0.250. The molecular weight excluding hydrogens is 246 g/mol. The number of alkyl halides is 1. The van der Waals surface area contributed by atoms with E-state index in [1.807, 2.05) is 0 Å². The highest BCUT2D eigenvalue weighted by molar-refractivity contribution is 9.09. The number of ether oxygens (including phenoxy) is 1. The van der Waals surface area contributed by atoms with Crippen molar-refractivity contribution in [3.63, 3.8) is 0 Å². The van der Waals surface area contributed by atoms with Gasteiger partial charge in [0.15, 0.2) is 0 Å². The van der Waals surface area contributed by atoms with E-state index in [9.17, 15) is 4.79 Å². The maximum atomic E-state index is 11.2. The molecule has 1 saturated heterocycles. The second kappa shape index (κ2) is 4.51. The van der Waals surface area contributed by atoms with Crippen LogP contribution < -0.4 is 0 Å². The number of carbonyl (C=O) groups is 1. The SMILES string of the molecule is CC(C)(C)C(CBr)CN1CCOC1=O. The number of halogens is 1. The maximum absolute atomic E-state index is 11.2. The molecule has 1 unspecified atom stereocenters. The summed E-state index contributed by atoms with van der Waals surface area (Å²) in [5.74, 6) is 0.466. The van der Waals surface area contributed by atoms with E-state index in [1.54, 1.807) is 4.90 Å². The van der Waals surface area contributed by atoms with Gasteiger partial charge in [0.05, 0.1) is 6.54 Å². The summed E-state index contributed by atoms with van der Waals surface area (Å²) >= 11 is 3.50. The van der Waals surface area contributed by atoms with Crippen LogP contribution in [0.1, 0.15) is 20.8 Å². The lowest BCUT2D eigenvalue weighted by Gasteiger charge is -2.31. The average Bonchev–Trinajstić information content (AvgIpc) is 2.45. The van der Waals surface area contributed by atoms with Crippen molar-refractivity contribution in [2.45, 2.75) is 20.8 Å². The fourth-order valence-corrected chi connectivity index (χ4v) is 2.59. The lowest BCUT2D eigenvalue weighted by molar-refractivity contribution is 0.144. The van der Waals surface area contributed by atoms with E-state index in [-0.39, 0.29) is 11.5 Å². The van der Waals surface area contributed by atoms with Gasteiger partial charge in [-0.3, -0.25) is 0 Å². The minimum Gasteiger partial charge on any atom is -0.448 e. The molecule has 3 nitrogen and oxygen atoms in total. The van der Waals surface area contributed by atoms with Crippen LogP contribution in [-0.4, -0.2) is 36.0 Å². The van der Waals surface area contributed by atoms with Gasteiger partial charge in [-0.15, -0.1) is 0 Å². The van der Waals surface area contributed by atoms with E-state index in [0.717, 1.165) is 18.4 Å². The molecule has 82 valence electrons. The number of rotatable bonds is 3. The van der Waals surface area contributed by atoms with Gasteiger partial charge in [0, 0.05) is 11.9 Å². The highest BCUT2D eigenvalue weighted by Crippen LogP contribution is 2.28. The molecule has 1 heterocycles. The number of carbonyl (C=O) groups excluding carboxylic acids is 1. The van der Waals surface area contributed by atoms with Crippen molar-refractivity contribution in [3.8, 4) is 0 Å². The van der Waals surface area contributed by atoms with Crippen LogP contribution in [0.15, 0.2) is 0 Å². The molecule has 0 saturated carbocycles. The van der Waals surface area contributed by atoms with Crippen LogP contribution in [-0.2, 0) is 4.74 Å². The Morgan fingerprint density at radius 1 is 1.57 bits per heavy atom. The molecule has 0 spiro atoms. The fraction of sp³-hybridized carbons (Fsp3) is 0.900. The van der Waals surface area contributed by atoms with E-state index < -0.39 is 0 Å². The Bertz CT molecular complexity index is 213. The predicted octanol–water partition coefficient (Wildman–Crippen LogP) is 2.50. The summed E-state index contributed by atoms with van der Waals surface area (Å²) in [5, 5.41) is 0.917. The van der Waals surface area contributed by atoms with Gasteiger partial charge in [-0.05, 0) is 11.3 Å². The zero-order chi connectivity index (χ0) is 10.8. The number of hydrogen-bond acceptors (Lipinski definition) is 2. The molecule has 1 fully saturated rings. The van der Waals surface area contributed by atoms with Gasteiger partial charge in [0.1, 0.15) is 6.61 Å². The molecule has 1 rings (SSSR count). The van der Waals surface area contributed by atoms with Gasteiger partial charge in [-0.25, -0.2) is 4.79 Å². The molecule has 14 heavy (non-hydrogen) atoms. The molecule has 4 heteroatoms. The first kappa shape index (κ1) is 11.8. The van der Waals surface area contributed by atoms with Gasteiger partial charge < -0.3 is 9.64 Å². The minimum atomic E-state index is -0.166. The molecule has 1 atom stereocenters. The number of amides is 1. The van der Waals surface area contributed by atoms with Crippen molar-refractivity contribution in [1.29, 1.82) is 0 Å². The monoisotopic (exact) mass is 263 g/mol. The molecule has 0 bridgehead atoms. The van der Waals surface area contributed by atoms with Crippen molar-refractivity contribution in [3.05, 3.63) is 0 Å². The molecule has 1 amide bonds. The summed E-state index contributed by atoms with van der Waals surface area (Å²) in [5.41, 5.74) is 0.215. The summed E-state index contributed by atoms with van der Waals surface area (Å²) in [6, 6.07) is 0. The average molecular weight is 264 g/mol.